The molecule has 6 heteroatoms. The van der Waals surface area contributed by atoms with E-state index >= 15 is 0 Å². The summed E-state index contributed by atoms with van der Waals surface area (Å²) in [5.74, 6) is 0.190. The summed E-state index contributed by atoms with van der Waals surface area (Å²) in [6, 6.07) is 5.11. The molecule has 1 aromatic rings. The lowest BCUT2D eigenvalue weighted by Crippen LogP contribution is -2.51. The largest absolute Gasteiger partial charge is 0.394 e. The summed E-state index contributed by atoms with van der Waals surface area (Å²) < 4.78 is 26.1. The summed E-state index contributed by atoms with van der Waals surface area (Å²) in [7, 11) is 0. The van der Waals surface area contributed by atoms with Crippen LogP contribution >= 0.6 is 0 Å². The number of carbonyl (C=O) groups excluding carboxylic acids is 1. The predicted molar refractivity (Wildman–Crippen MR) is 114 cm³/mol. The van der Waals surface area contributed by atoms with Crippen LogP contribution in [0.1, 0.15) is 75.5 Å². The zero-order chi connectivity index (χ0) is 21.8. The molecule has 168 valence electrons. The molecule has 0 heterocycles. The second-order valence-corrected chi connectivity index (χ2v) is 9.65. The van der Waals surface area contributed by atoms with E-state index in [-0.39, 0.29) is 36.6 Å². The van der Waals surface area contributed by atoms with Crippen LogP contribution in [0, 0.1) is 11.3 Å². The van der Waals surface area contributed by atoms with Crippen LogP contribution in [0.3, 0.4) is 0 Å². The number of aliphatic hydroxyl groups is 1. The molecule has 2 saturated carbocycles. The lowest BCUT2D eigenvalue weighted by molar-refractivity contribution is -0.133. The molecule has 2 aliphatic rings. The number of nitrogens with one attached hydrogen (secondary N) is 2. The van der Waals surface area contributed by atoms with E-state index in [9.17, 15) is 18.7 Å². The lowest BCUT2D eigenvalue weighted by Gasteiger charge is -2.35. The summed E-state index contributed by atoms with van der Waals surface area (Å²) in [5, 5.41) is 16.7. The van der Waals surface area contributed by atoms with Crippen molar-refractivity contribution in [2.45, 2.75) is 90.3 Å². The number of carbonyl (C=O) groups is 1. The second-order valence-electron chi connectivity index (χ2n) is 9.65. The number of hydrogen-bond acceptors (Lipinski definition) is 3. The molecule has 0 radical (unpaired) electrons. The Kier molecular flexibility index (Phi) is 7.51. The van der Waals surface area contributed by atoms with Gasteiger partial charge >= 0.3 is 0 Å². The molecule has 0 saturated heterocycles. The van der Waals surface area contributed by atoms with Crippen LogP contribution in [0.2, 0.25) is 0 Å². The summed E-state index contributed by atoms with van der Waals surface area (Å²) in [4.78, 5) is 13.3. The van der Waals surface area contributed by atoms with Crippen molar-refractivity contribution in [2.75, 3.05) is 6.61 Å². The first-order valence-corrected chi connectivity index (χ1v) is 11.3. The molecule has 30 heavy (non-hydrogen) atoms. The van der Waals surface area contributed by atoms with Gasteiger partial charge in [0, 0.05) is 18.1 Å². The van der Waals surface area contributed by atoms with E-state index < -0.39 is 18.8 Å². The van der Waals surface area contributed by atoms with E-state index in [1.54, 1.807) is 12.1 Å². The zero-order valence-corrected chi connectivity index (χ0v) is 18.3. The van der Waals surface area contributed by atoms with Crippen LogP contribution in [0.5, 0.6) is 0 Å². The molecular formula is C24H36F2N2O2. The van der Waals surface area contributed by atoms with E-state index in [4.69, 9.17) is 0 Å². The van der Waals surface area contributed by atoms with Crippen LogP contribution in [0.25, 0.3) is 0 Å². The van der Waals surface area contributed by atoms with Crippen molar-refractivity contribution in [1.29, 1.82) is 0 Å². The SMILES string of the molecule is CC(C)[C@]1(C(=O)NCc2cc(CF)cc(CF)c2)CC[C@@H](NC2(CO)CCCC2)C1. The first kappa shape index (κ1) is 23.1. The first-order chi connectivity index (χ1) is 14.4. The van der Waals surface area contributed by atoms with E-state index in [1.165, 1.54) is 6.07 Å². The van der Waals surface area contributed by atoms with Crippen molar-refractivity contribution in [1.82, 2.24) is 10.6 Å². The normalized spacial score (nSPS) is 25.7. The smallest absolute Gasteiger partial charge is 0.226 e. The fraction of sp³-hybridized carbons (Fsp3) is 0.708. The van der Waals surface area contributed by atoms with Crippen LogP contribution in [-0.2, 0) is 24.7 Å². The van der Waals surface area contributed by atoms with E-state index in [0.29, 0.717) is 11.1 Å². The fourth-order valence-electron chi connectivity index (χ4n) is 5.48. The van der Waals surface area contributed by atoms with Crippen molar-refractivity contribution < 1.29 is 18.7 Å². The Hall–Kier alpha value is -1.53. The predicted octanol–water partition coefficient (Wildman–Crippen LogP) is 4.33. The highest BCUT2D eigenvalue weighted by molar-refractivity contribution is 5.83. The van der Waals surface area contributed by atoms with E-state index in [0.717, 1.165) is 50.5 Å². The minimum absolute atomic E-state index is 0.0127. The lowest BCUT2D eigenvalue weighted by atomic mass is 9.74. The second kappa shape index (κ2) is 9.73. The van der Waals surface area contributed by atoms with Crippen molar-refractivity contribution in [2.24, 2.45) is 11.3 Å². The van der Waals surface area contributed by atoms with Crippen LogP contribution in [0.15, 0.2) is 18.2 Å². The highest BCUT2D eigenvalue weighted by atomic mass is 19.1. The number of hydrogen-bond donors (Lipinski definition) is 3. The zero-order valence-electron chi connectivity index (χ0n) is 18.3. The third kappa shape index (κ3) is 4.86. The maximum Gasteiger partial charge on any atom is 0.226 e. The average Bonchev–Trinajstić information content (AvgIpc) is 3.40. The third-order valence-electron chi connectivity index (χ3n) is 7.35. The quantitative estimate of drug-likeness (QED) is 0.555. The highest BCUT2D eigenvalue weighted by Gasteiger charge is 2.49. The van der Waals surface area contributed by atoms with Gasteiger partial charge in [0.25, 0.3) is 0 Å². The van der Waals surface area contributed by atoms with Gasteiger partial charge in [0.15, 0.2) is 0 Å². The maximum absolute atomic E-state index is 13.3. The van der Waals surface area contributed by atoms with Gasteiger partial charge in [-0.1, -0.05) is 44.9 Å². The van der Waals surface area contributed by atoms with Crippen LogP contribution in [0.4, 0.5) is 8.78 Å². The summed E-state index contributed by atoms with van der Waals surface area (Å²) in [6.07, 6.45) is 6.71. The molecule has 2 atom stereocenters. The number of amides is 1. The summed E-state index contributed by atoms with van der Waals surface area (Å²) >= 11 is 0. The monoisotopic (exact) mass is 422 g/mol. The van der Waals surface area contributed by atoms with Crippen LogP contribution < -0.4 is 10.6 Å². The minimum Gasteiger partial charge on any atom is -0.394 e. The van der Waals surface area contributed by atoms with Crippen molar-refractivity contribution in [3.63, 3.8) is 0 Å². The van der Waals surface area contributed by atoms with E-state index in [1.807, 2.05) is 0 Å². The molecular weight excluding hydrogens is 386 g/mol. The standard InChI is InChI=1S/C24H36F2N2O2/c1-17(2)24(8-5-21(12-24)28-23(16-29)6-3-4-7-23)22(30)27-15-20-10-18(13-25)9-19(11-20)14-26/h9-11,17,21,28-29H,3-8,12-16H2,1-2H3,(H,27,30)/t21-,24+/m1/s1. The Labute approximate surface area is 178 Å². The third-order valence-corrected chi connectivity index (χ3v) is 7.35. The topological polar surface area (TPSA) is 61.4 Å². The minimum atomic E-state index is -0.648. The van der Waals surface area contributed by atoms with Crippen molar-refractivity contribution >= 4 is 5.91 Å². The molecule has 2 fully saturated rings. The Morgan fingerprint density at radius 2 is 1.70 bits per heavy atom. The van der Waals surface area contributed by atoms with Gasteiger partial charge in [-0.15, -0.1) is 0 Å². The Morgan fingerprint density at radius 3 is 2.23 bits per heavy atom. The van der Waals surface area contributed by atoms with Gasteiger partial charge in [-0.3, -0.25) is 4.79 Å². The number of alkyl halides is 2. The Balaban J connectivity index is 1.67. The average molecular weight is 423 g/mol. The molecule has 4 nitrogen and oxygen atoms in total. The van der Waals surface area contributed by atoms with Gasteiger partial charge in [0.1, 0.15) is 13.3 Å². The molecule has 0 aromatic heterocycles. The Morgan fingerprint density at radius 1 is 1.10 bits per heavy atom. The molecule has 1 aromatic carbocycles. The van der Waals surface area contributed by atoms with Crippen molar-refractivity contribution in [3.8, 4) is 0 Å². The molecule has 3 N–H and O–H groups in total. The molecule has 0 unspecified atom stereocenters. The van der Waals surface area contributed by atoms with Gasteiger partial charge < -0.3 is 15.7 Å². The number of rotatable bonds is 9. The molecule has 0 aliphatic heterocycles. The summed E-state index contributed by atoms with van der Waals surface area (Å²) in [5.41, 5.74) is 0.938. The molecule has 2 aliphatic carbocycles. The van der Waals surface area contributed by atoms with Crippen LogP contribution in [-0.4, -0.2) is 29.2 Å². The van der Waals surface area contributed by atoms with Gasteiger partial charge in [-0.25, -0.2) is 8.78 Å². The number of aliphatic hydroxyl groups excluding tert-OH is 1. The van der Waals surface area contributed by atoms with Gasteiger partial charge in [-0.05, 0) is 54.7 Å². The molecule has 0 bridgehead atoms. The van der Waals surface area contributed by atoms with Gasteiger partial charge in [0.05, 0.1) is 12.0 Å². The molecule has 3 rings (SSSR count). The number of halogens is 2. The van der Waals surface area contributed by atoms with E-state index in [2.05, 4.69) is 24.5 Å². The first-order valence-electron chi connectivity index (χ1n) is 11.3. The highest BCUT2D eigenvalue weighted by Crippen LogP contribution is 2.46. The van der Waals surface area contributed by atoms with Gasteiger partial charge in [-0.2, -0.15) is 0 Å². The van der Waals surface area contributed by atoms with Gasteiger partial charge in [0.2, 0.25) is 5.91 Å². The Bertz CT molecular complexity index is 712. The summed E-state index contributed by atoms with van der Waals surface area (Å²) in [6.45, 7) is 3.29. The number of benzene rings is 1. The fourth-order valence-corrected chi connectivity index (χ4v) is 5.48. The van der Waals surface area contributed by atoms with Crippen molar-refractivity contribution in [3.05, 3.63) is 34.9 Å². The maximum atomic E-state index is 13.3. The molecule has 1 amide bonds. The molecule has 0 spiro atoms.